The van der Waals surface area contributed by atoms with E-state index in [2.05, 4.69) is 21.3 Å². The fraction of sp³-hybridized carbons (Fsp3) is 0.667. The Labute approximate surface area is 171 Å². The van der Waals surface area contributed by atoms with Crippen LogP contribution in [0.25, 0.3) is 0 Å². The van der Waals surface area contributed by atoms with Gasteiger partial charge in [-0.05, 0) is 31.2 Å². The predicted molar refractivity (Wildman–Crippen MR) is 106 cm³/mol. The number of aromatic nitrogens is 1. The second kappa shape index (κ2) is 8.28. The Morgan fingerprint density at radius 3 is 2.69 bits per heavy atom. The summed E-state index contributed by atoms with van der Waals surface area (Å²) < 4.78 is 11.4. The van der Waals surface area contributed by atoms with Crippen LogP contribution in [0.4, 0.5) is 0 Å². The number of ether oxygens (including phenoxy) is 2. The number of rotatable bonds is 5. The highest BCUT2D eigenvalue weighted by Gasteiger charge is 2.51. The quantitative estimate of drug-likeness (QED) is 0.790. The molecule has 0 aliphatic carbocycles. The molecule has 4 heterocycles. The predicted octanol–water partition coefficient (Wildman–Crippen LogP) is 0.951. The van der Waals surface area contributed by atoms with E-state index in [1.165, 1.54) is 25.3 Å². The molecule has 0 radical (unpaired) electrons. The first-order chi connectivity index (χ1) is 14.0. The third-order valence-electron chi connectivity index (χ3n) is 6.45. The summed E-state index contributed by atoms with van der Waals surface area (Å²) in [5.74, 6) is 0.427. The van der Waals surface area contributed by atoms with Gasteiger partial charge in [0.2, 0.25) is 17.7 Å². The number of carbonyl (C=O) groups excluding carboxylic acids is 2. The third kappa shape index (κ3) is 4.38. The SMILES string of the molecule is COc1ccc(CN2[C@@H]3CC[C@H]2CC2(C3)CN(C(=O)CNC(C)=O)CCO2)cn1. The van der Waals surface area contributed by atoms with E-state index < -0.39 is 0 Å². The smallest absolute Gasteiger partial charge is 0.242 e. The lowest BCUT2D eigenvalue weighted by molar-refractivity contribution is -0.166. The molecule has 29 heavy (non-hydrogen) atoms. The lowest BCUT2D eigenvalue weighted by Crippen LogP contribution is -2.61. The molecule has 4 rings (SSSR count). The van der Waals surface area contributed by atoms with Crippen LogP contribution in [-0.2, 0) is 20.9 Å². The number of hydrogen-bond acceptors (Lipinski definition) is 6. The fourth-order valence-corrected chi connectivity index (χ4v) is 5.11. The van der Waals surface area contributed by atoms with E-state index in [1.54, 1.807) is 7.11 Å². The maximum Gasteiger partial charge on any atom is 0.242 e. The molecule has 8 heteroatoms. The molecule has 1 aromatic heterocycles. The van der Waals surface area contributed by atoms with Crippen LogP contribution in [0.2, 0.25) is 0 Å². The van der Waals surface area contributed by atoms with Crippen molar-refractivity contribution in [3.63, 3.8) is 0 Å². The van der Waals surface area contributed by atoms with Crippen molar-refractivity contribution in [3.8, 4) is 5.88 Å². The van der Waals surface area contributed by atoms with E-state index in [9.17, 15) is 9.59 Å². The topological polar surface area (TPSA) is 84.0 Å². The highest BCUT2D eigenvalue weighted by atomic mass is 16.5. The minimum atomic E-state index is -0.259. The Bertz CT molecular complexity index is 740. The van der Waals surface area contributed by atoms with Gasteiger partial charge < -0.3 is 19.7 Å². The van der Waals surface area contributed by atoms with Gasteiger partial charge in [-0.15, -0.1) is 0 Å². The molecule has 2 amide bonds. The van der Waals surface area contributed by atoms with Gasteiger partial charge in [0.25, 0.3) is 0 Å². The van der Waals surface area contributed by atoms with Gasteiger partial charge in [-0.3, -0.25) is 14.5 Å². The molecule has 3 aliphatic rings. The molecule has 0 saturated carbocycles. The van der Waals surface area contributed by atoms with Crippen LogP contribution in [0.15, 0.2) is 18.3 Å². The number of nitrogens with zero attached hydrogens (tertiary/aromatic N) is 3. The summed E-state index contributed by atoms with van der Waals surface area (Å²) in [6, 6.07) is 4.91. The standard InChI is InChI=1S/C21H30N4O4/c1-15(26)22-12-20(27)24-7-8-29-21(14-24)9-17-4-5-18(10-21)25(17)13-16-3-6-19(28-2)23-11-16/h3,6,11,17-18H,4-5,7-10,12-14H2,1-2H3,(H,22,26)/t17-,18+,21?. The fourth-order valence-electron chi connectivity index (χ4n) is 5.11. The minimum absolute atomic E-state index is 0.0260. The van der Waals surface area contributed by atoms with Crippen LogP contribution in [0.1, 0.15) is 38.2 Å². The van der Waals surface area contributed by atoms with Crippen molar-refractivity contribution >= 4 is 11.8 Å². The zero-order valence-electron chi connectivity index (χ0n) is 17.2. The van der Waals surface area contributed by atoms with Crippen LogP contribution in [0.5, 0.6) is 5.88 Å². The van der Waals surface area contributed by atoms with Crippen LogP contribution in [-0.4, -0.2) is 77.6 Å². The molecule has 1 spiro atoms. The normalized spacial score (nSPS) is 29.1. The van der Waals surface area contributed by atoms with Crippen molar-refractivity contribution in [2.75, 3.05) is 33.4 Å². The number of fused-ring (bicyclic) bond motifs is 2. The molecule has 3 fully saturated rings. The molecule has 158 valence electrons. The molecular formula is C21H30N4O4. The molecule has 3 saturated heterocycles. The molecule has 1 N–H and O–H groups in total. The summed E-state index contributed by atoms with van der Waals surface area (Å²) in [5, 5.41) is 2.61. The molecule has 1 aromatic rings. The molecule has 3 atom stereocenters. The Morgan fingerprint density at radius 2 is 2.07 bits per heavy atom. The van der Waals surface area contributed by atoms with E-state index in [4.69, 9.17) is 9.47 Å². The number of piperidine rings is 1. The largest absolute Gasteiger partial charge is 0.481 e. The average molecular weight is 402 g/mol. The Balaban J connectivity index is 1.39. The molecule has 0 aromatic carbocycles. The zero-order chi connectivity index (χ0) is 20.4. The molecular weight excluding hydrogens is 372 g/mol. The van der Waals surface area contributed by atoms with Crippen molar-refractivity contribution in [2.24, 2.45) is 0 Å². The number of hydrogen-bond donors (Lipinski definition) is 1. The second-order valence-corrected chi connectivity index (χ2v) is 8.43. The monoisotopic (exact) mass is 402 g/mol. The lowest BCUT2D eigenvalue weighted by atomic mass is 9.84. The first-order valence-corrected chi connectivity index (χ1v) is 10.4. The van der Waals surface area contributed by atoms with E-state index in [-0.39, 0.29) is 24.0 Å². The number of pyridine rings is 1. The maximum absolute atomic E-state index is 12.5. The van der Waals surface area contributed by atoms with Crippen molar-refractivity contribution in [1.82, 2.24) is 20.1 Å². The maximum atomic E-state index is 12.5. The first-order valence-electron chi connectivity index (χ1n) is 10.4. The number of nitrogens with one attached hydrogen (secondary N) is 1. The van der Waals surface area contributed by atoms with Crippen LogP contribution < -0.4 is 10.1 Å². The van der Waals surface area contributed by atoms with Crippen LogP contribution in [0.3, 0.4) is 0 Å². The van der Waals surface area contributed by atoms with Gasteiger partial charge in [-0.25, -0.2) is 4.98 Å². The van der Waals surface area contributed by atoms with E-state index in [0.29, 0.717) is 37.7 Å². The number of amides is 2. The second-order valence-electron chi connectivity index (χ2n) is 8.43. The highest BCUT2D eigenvalue weighted by molar-refractivity contribution is 5.83. The first kappa shape index (κ1) is 20.1. The van der Waals surface area contributed by atoms with E-state index in [1.807, 2.05) is 17.2 Å². The summed E-state index contributed by atoms with van der Waals surface area (Å²) in [7, 11) is 1.63. The van der Waals surface area contributed by atoms with E-state index >= 15 is 0 Å². The van der Waals surface area contributed by atoms with E-state index in [0.717, 1.165) is 19.4 Å². The van der Waals surface area contributed by atoms with Gasteiger partial charge in [0.15, 0.2) is 0 Å². The third-order valence-corrected chi connectivity index (χ3v) is 6.45. The molecule has 2 bridgehead atoms. The molecule has 3 aliphatic heterocycles. The van der Waals surface area contributed by atoms with Gasteiger partial charge in [0, 0.05) is 50.9 Å². The van der Waals surface area contributed by atoms with Gasteiger partial charge >= 0.3 is 0 Å². The van der Waals surface area contributed by atoms with Gasteiger partial charge in [0.05, 0.1) is 25.9 Å². The van der Waals surface area contributed by atoms with Crippen molar-refractivity contribution < 1.29 is 19.1 Å². The Hall–Kier alpha value is -2.19. The van der Waals surface area contributed by atoms with Gasteiger partial charge in [0.1, 0.15) is 0 Å². The van der Waals surface area contributed by atoms with Crippen LogP contribution >= 0.6 is 0 Å². The zero-order valence-corrected chi connectivity index (χ0v) is 17.2. The summed E-state index contributed by atoms with van der Waals surface area (Å²) in [4.78, 5) is 32.4. The minimum Gasteiger partial charge on any atom is -0.481 e. The molecule has 1 unspecified atom stereocenters. The summed E-state index contributed by atoms with van der Waals surface area (Å²) in [6.07, 6.45) is 6.11. The van der Waals surface area contributed by atoms with Crippen molar-refractivity contribution in [1.29, 1.82) is 0 Å². The lowest BCUT2D eigenvalue weighted by Gasteiger charge is -2.50. The van der Waals surface area contributed by atoms with Crippen molar-refractivity contribution in [3.05, 3.63) is 23.9 Å². The average Bonchev–Trinajstić information content (AvgIpc) is 2.96. The number of morpholine rings is 1. The summed E-state index contributed by atoms with van der Waals surface area (Å²) >= 11 is 0. The Kier molecular flexibility index (Phi) is 5.74. The number of methoxy groups -OCH3 is 1. The Morgan fingerprint density at radius 1 is 1.31 bits per heavy atom. The summed E-state index contributed by atoms with van der Waals surface area (Å²) in [5.41, 5.74) is 0.931. The van der Waals surface area contributed by atoms with Gasteiger partial charge in [-0.2, -0.15) is 0 Å². The number of carbonyl (C=O) groups is 2. The van der Waals surface area contributed by atoms with Crippen molar-refractivity contribution in [2.45, 2.75) is 56.8 Å². The molecule has 8 nitrogen and oxygen atoms in total. The summed E-state index contributed by atoms with van der Waals surface area (Å²) in [6.45, 7) is 4.16. The van der Waals surface area contributed by atoms with Crippen LogP contribution in [0, 0.1) is 0 Å². The highest BCUT2D eigenvalue weighted by Crippen LogP contribution is 2.44. The van der Waals surface area contributed by atoms with Gasteiger partial charge in [-0.1, -0.05) is 6.07 Å².